The summed E-state index contributed by atoms with van der Waals surface area (Å²) in [6.07, 6.45) is 1.81. The van der Waals surface area contributed by atoms with E-state index in [2.05, 4.69) is 42.4 Å². The standard InChI is InChI=1S/C14H18N2S/c1-10-3-4-12(11(2)7-10)8-14-16-13(5-6-15)9-17-14/h3-4,7,9H,5-6,8,15H2,1-2H3. The molecule has 3 heteroatoms. The van der Waals surface area contributed by atoms with Crippen LogP contribution in [0.25, 0.3) is 0 Å². The fraction of sp³-hybridized carbons (Fsp3) is 0.357. The maximum atomic E-state index is 5.53. The topological polar surface area (TPSA) is 38.9 Å². The summed E-state index contributed by atoms with van der Waals surface area (Å²) in [6.45, 7) is 4.96. The number of hydrogen-bond donors (Lipinski definition) is 1. The summed E-state index contributed by atoms with van der Waals surface area (Å²) in [5, 5.41) is 3.30. The zero-order valence-electron chi connectivity index (χ0n) is 10.4. The summed E-state index contributed by atoms with van der Waals surface area (Å²) in [5.74, 6) is 0. The molecule has 2 rings (SSSR count). The predicted molar refractivity (Wildman–Crippen MR) is 73.6 cm³/mol. The first-order chi connectivity index (χ1) is 8.19. The third-order valence-electron chi connectivity index (χ3n) is 2.84. The van der Waals surface area contributed by atoms with Gasteiger partial charge in [-0.05, 0) is 31.5 Å². The minimum Gasteiger partial charge on any atom is -0.330 e. The number of nitrogens with two attached hydrogens (primary N) is 1. The Hall–Kier alpha value is -1.19. The summed E-state index contributed by atoms with van der Waals surface area (Å²) in [5.41, 5.74) is 10.7. The zero-order chi connectivity index (χ0) is 12.3. The van der Waals surface area contributed by atoms with Gasteiger partial charge in [-0.25, -0.2) is 4.98 Å². The van der Waals surface area contributed by atoms with E-state index in [0.29, 0.717) is 6.54 Å². The zero-order valence-corrected chi connectivity index (χ0v) is 11.2. The molecule has 0 aliphatic rings. The molecule has 0 radical (unpaired) electrons. The minimum absolute atomic E-state index is 0.673. The van der Waals surface area contributed by atoms with E-state index in [1.807, 2.05) is 0 Å². The molecule has 2 nitrogen and oxygen atoms in total. The Balaban J connectivity index is 2.13. The Bertz CT molecular complexity index is 503. The van der Waals surface area contributed by atoms with Gasteiger partial charge in [0.05, 0.1) is 10.7 Å². The predicted octanol–water partition coefficient (Wildman–Crippen LogP) is 2.85. The summed E-state index contributed by atoms with van der Waals surface area (Å²) in [7, 11) is 0. The molecule has 2 N–H and O–H groups in total. The van der Waals surface area contributed by atoms with Crippen molar-refractivity contribution in [1.29, 1.82) is 0 Å². The molecule has 0 fully saturated rings. The molecule has 0 saturated heterocycles. The van der Waals surface area contributed by atoms with Gasteiger partial charge >= 0.3 is 0 Å². The van der Waals surface area contributed by atoms with E-state index in [0.717, 1.165) is 18.5 Å². The number of nitrogens with zero attached hydrogens (tertiary/aromatic N) is 1. The van der Waals surface area contributed by atoms with Gasteiger partial charge in [0, 0.05) is 18.2 Å². The molecule has 2 aromatic rings. The smallest absolute Gasteiger partial charge is 0.0972 e. The van der Waals surface area contributed by atoms with E-state index < -0.39 is 0 Å². The molecule has 1 aromatic carbocycles. The SMILES string of the molecule is Cc1ccc(Cc2nc(CCN)cs2)c(C)c1. The minimum atomic E-state index is 0.673. The van der Waals surface area contributed by atoms with Crippen LogP contribution in [0.15, 0.2) is 23.6 Å². The van der Waals surface area contributed by atoms with E-state index in [-0.39, 0.29) is 0 Å². The molecule has 0 aliphatic heterocycles. The monoisotopic (exact) mass is 246 g/mol. The van der Waals surface area contributed by atoms with Crippen molar-refractivity contribution in [3.8, 4) is 0 Å². The normalized spacial score (nSPS) is 10.8. The molecule has 0 atom stereocenters. The Kier molecular flexibility index (Phi) is 3.92. The van der Waals surface area contributed by atoms with Gasteiger partial charge in [0.25, 0.3) is 0 Å². The van der Waals surface area contributed by atoms with Crippen LogP contribution < -0.4 is 5.73 Å². The lowest BCUT2D eigenvalue weighted by atomic mass is 10.0. The van der Waals surface area contributed by atoms with Crippen molar-refractivity contribution in [3.63, 3.8) is 0 Å². The van der Waals surface area contributed by atoms with E-state index >= 15 is 0 Å². The second kappa shape index (κ2) is 5.43. The van der Waals surface area contributed by atoms with Gasteiger partial charge in [0.1, 0.15) is 0 Å². The Labute approximate surface area is 107 Å². The van der Waals surface area contributed by atoms with Crippen molar-refractivity contribution >= 4 is 11.3 Å². The first kappa shape index (κ1) is 12.3. The summed E-state index contributed by atoms with van der Waals surface area (Å²) >= 11 is 1.73. The highest BCUT2D eigenvalue weighted by molar-refractivity contribution is 7.09. The lowest BCUT2D eigenvalue weighted by Gasteiger charge is -2.04. The molecule has 0 unspecified atom stereocenters. The van der Waals surface area contributed by atoms with Crippen molar-refractivity contribution in [2.45, 2.75) is 26.7 Å². The van der Waals surface area contributed by atoms with Crippen LogP contribution >= 0.6 is 11.3 Å². The van der Waals surface area contributed by atoms with Crippen molar-refractivity contribution in [2.24, 2.45) is 5.73 Å². The van der Waals surface area contributed by atoms with Crippen molar-refractivity contribution in [2.75, 3.05) is 6.54 Å². The van der Waals surface area contributed by atoms with Crippen LogP contribution in [0.4, 0.5) is 0 Å². The number of aryl methyl sites for hydroxylation is 2. The van der Waals surface area contributed by atoms with Gasteiger partial charge in [0.2, 0.25) is 0 Å². The number of rotatable bonds is 4. The van der Waals surface area contributed by atoms with Gasteiger partial charge in [-0.2, -0.15) is 0 Å². The first-order valence-corrected chi connectivity index (χ1v) is 6.76. The fourth-order valence-electron chi connectivity index (χ4n) is 1.90. The first-order valence-electron chi connectivity index (χ1n) is 5.88. The van der Waals surface area contributed by atoms with Crippen LogP contribution in [0.3, 0.4) is 0 Å². The van der Waals surface area contributed by atoms with E-state index in [9.17, 15) is 0 Å². The van der Waals surface area contributed by atoms with Gasteiger partial charge in [-0.3, -0.25) is 0 Å². The van der Waals surface area contributed by atoms with Crippen molar-refractivity contribution in [1.82, 2.24) is 4.98 Å². The van der Waals surface area contributed by atoms with Crippen molar-refractivity contribution < 1.29 is 0 Å². The molecule has 0 amide bonds. The third-order valence-corrected chi connectivity index (χ3v) is 3.74. The Morgan fingerprint density at radius 3 is 2.82 bits per heavy atom. The van der Waals surface area contributed by atoms with Gasteiger partial charge in [-0.15, -0.1) is 11.3 Å². The Morgan fingerprint density at radius 1 is 1.29 bits per heavy atom. The van der Waals surface area contributed by atoms with Crippen LogP contribution in [0.1, 0.15) is 27.4 Å². The highest BCUT2D eigenvalue weighted by Crippen LogP contribution is 2.18. The molecule has 0 spiro atoms. The quantitative estimate of drug-likeness (QED) is 0.901. The van der Waals surface area contributed by atoms with Crippen LogP contribution in [0.2, 0.25) is 0 Å². The molecule has 0 aliphatic carbocycles. The molecule has 17 heavy (non-hydrogen) atoms. The highest BCUT2D eigenvalue weighted by atomic mass is 32.1. The maximum absolute atomic E-state index is 5.53. The van der Waals surface area contributed by atoms with Crippen LogP contribution in [-0.4, -0.2) is 11.5 Å². The van der Waals surface area contributed by atoms with Crippen LogP contribution in [0.5, 0.6) is 0 Å². The van der Waals surface area contributed by atoms with Crippen molar-refractivity contribution in [3.05, 3.63) is 51.0 Å². The molecule has 0 bridgehead atoms. The molecule has 1 heterocycles. The van der Waals surface area contributed by atoms with Gasteiger partial charge < -0.3 is 5.73 Å². The average Bonchev–Trinajstić information content (AvgIpc) is 2.71. The number of thiazole rings is 1. The summed E-state index contributed by atoms with van der Waals surface area (Å²) in [4.78, 5) is 4.60. The lowest BCUT2D eigenvalue weighted by Crippen LogP contribution is -2.03. The highest BCUT2D eigenvalue weighted by Gasteiger charge is 2.05. The lowest BCUT2D eigenvalue weighted by molar-refractivity contribution is 0.921. The molecular formula is C14H18N2S. The van der Waals surface area contributed by atoms with E-state index in [1.54, 1.807) is 11.3 Å². The molecule has 0 saturated carbocycles. The Morgan fingerprint density at radius 2 is 2.12 bits per heavy atom. The largest absolute Gasteiger partial charge is 0.330 e. The van der Waals surface area contributed by atoms with E-state index in [4.69, 9.17) is 5.73 Å². The molecular weight excluding hydrogens is 228 g/mol. The van der Waals surface area contributed by atoms with Crippen LogP contribution in [0, 0.1) is 13.8 Å². The molecule has 90 valence electrons. The molecule has 1 aromatic heterocycles. The number of benzene rings is 1. The second-order valence-electron chi connectivity index (χ2n) is 4.38. The third kappa shape index (κ3) is 3.14. The summed E-state index contributed by atoms with van der Waals surface area (Å²) in [6, 6.07) is 6.59. The maximum Gasteiger partial charge on any atom is 0.0972 e. The second-order valence-corrected chi connectivity index (χ2v) is 5.32. The summed E-state index contributed by atoms with van der Waals surface area (Å²) < 4.78 is 0. The fourth-order valence-corrected chi connectivity index (χ4v) is 2.75. The average molecular weight is 246 g/mol. The van der Waals surface area contributed by atoms with Gasteiger partial charge in [-0.1, -0.05) is 23.8 Å². The van der Waals surface area contributed by atoms with Gasteiger partial charge in [0.15, 0.2) is 0 Å². The number of hydrogen-bond acceptors (Lipinski definition) is 3. The van der Waals surface area contributed by atoms with E-state index in [1.165, 1.54) is 21.7 Å². The number of aromatic nitrogens is 1. The van der Waals surface area contributed by atoms with Crippen LogP contribution in [-0.2, 0) is 12.8 Å².